The molecular formula is C35H49FO3. The predicted molar refractivity (Wildman–Crippen MR) is 158 cm³/mol. The summed E-state index contributed by atoms with van der Waals surface area (Å²) in [7, 11) is 0. The van der Waals surface area contributed by atoms with Gasteiger partial charge in [0.1, 0.15) is 5.82 Å². The Morgan fingerprint density at radius 3 is 1.79 bits per heavy atom. The maximum Gasteiger partial charge on any atom is 0.131 e. The normalized spacial score (nSPS) is 23.6. The molecule has 0 radical (unpaired) electrons. The van der Waals surface area contributed by atoms with E-state index in [0.717, 1.165) is 114 Å². The first-order chi connectivity index (χ1) is 19.2. The van der Waals surface area contributed by atoms with Gasteiger partial charge in [0.25, 0.3) is 0 Å². The number of halogens is 1. The van der Waals surface area contributed by atoms with E-state index in [9.17, 15) is 4.39 Å². The first-order valence-corrected chi connectivity index (χ1v) is 15.5. The molecular weight excluding hydrogens is 487 g/mol. The number of aryl methyl sites for hydroxylation is 1. The predicted octanol–water partition coefficient (Wildman–Crippen LogP) is 9.04. The molecule has 0 spiro atoms. The van der Waals surface area contributed by atoms with Crippen LogP contribution in [0.4, 0.5) is 4.39 Å². The average molecular weight is 537 g/mol. The summed E-state index contributed by atoms with van der Waals surface area (Å²) in [4.78, 5) is 0. The van der Waals surface area contributed by atoms with Gasteiger partial charge >= 0.3 is 0 Å². The van der Waals surface area contributed by atoms with Crippen molar-refractivity contribution in [3.8, 4) is 11.1 Å². The minimum absolute atomic E-state index is 0.113. The zero-order chi connectivity index (χ0) is 27.3. The third-order valence-corrected chi connectivity index (χ3v) is 8.59. The molecule has 39 heavy (non-hydrogen) atoms. The van der Waals surface area contributed by atoms with Gasteiger partial charge in [-0.15, -0.1) is 12.8 Å². The van der Waals surface area contributed by atoms with Crippen molar-refractivity contribution in [2.24, 2.45) is 0 Å². The molecule has 0 unspecified atom stereocenters. The molecule has 2 aromatic rings. The first-order valence-electron chi connectivity index (χ1n) is 15.5. The van der Waals surface area contributed by atoms with Crippen LogP contribution in [-0.2, 0) is 20.6 Å². The molecule has 214 valence electrons. The lowest BCUT2D eigenvalue weighted by atomic mass is 9.82. The molecule has 0 heterocycles. The van der Waals surface area contributed by atoms with Crippen LogP contribution in [0, 0.1) is 19.2 Å². The highest BCUT2D eigenvalue weighted by molar-refractivity contribution is 5.65. The van der Waals surface area contributed by atoms with Crippen molar-refractivity contribution in [3.63, 3.8) is 0 Å². The Balaban J connectivity index is 1.06. The number of hydrogen-bond acceptors (Lipinski definition) is 3. The summed E-state index contributed by atoms with van der Waals surface area (Å²) in [6.45, 7) is 8.39. The highest BCUT2D eigenvalue weighted by Crippen LogP contribution is 2.36. The fourth-order valence-electron chi connectivity index (χ4n) is 6.05. The van der Waals surface area contributed by atoms with Crippen LogP contribution in [0.3, 0.4) is 0 Å². The maximum absolute atomic E-state index is 15.0. The van der Waals surface area contributed by atoms with Crippen molar-refractivity contribution in [3.05, 3.63) is 72.8 Å². The van der Waals surface area contributed by atoms with Gasteiger partial charge in [-0.2, -0.15) is 0 Å². The maximum atomic E-state index is 15.0. The van der Waals surface area contributed by atoms with Crippen molar-refractivity contribution in [2.75, 3.05) is 19.8 Å². The lowest BCUT2D eigenvalue weighted by molar-refractivity contribution is -0.0346. The number of rotatable bonds is 15. The Hall–Kier alpha value is -1.88. The quantitative estimate of drug-likeness (QED) is 0.168. The fraction of sp³-hybridized carbons (Fsp3) is 0.600. The molecule has 2 aliphatic rings. The Bertz CT molecular complexity index is 943. The number of unbranched alkanes of at least 4 members (excludes halogenated alkanes) is 3. The number of benzene rings is 2. The van der Waals surface area contributed by atoms with Gasteiger partial charge in [0.15, 0.2) is 0 Å². The zero-order valence-electron chi connectivity index (χ0n) is 24.1. The van der Waals surface area contributed by atoms with Gasteiger partial charge in [0.2, 0.25) is 0 Å². The molecule has 4 heteroatoms. The molecule has 0 bridgehead atoms. The Labute approximate surface area is 236 Å². The average Bonchev–Trinajstić information content (AvgIpc) is 2.98. The van der Waals surface area contributed by atoms with E-state index in [2.05, 4.69) is 32.0 Å². The van der Waals surface area contributed by atoms with E-state index in [0.29, 0.717) is 29.8 Å². The molecule has 0 atom stereocenters. The number of ether oxygens (including phenoxy) is 3. The standard InChI is InChI=1S/C35H49FO3/c1-3-5-6-23-37-32-18-20-33(21-19-32)39-25-8-7-24-38-31-16-13-28(14-17-31)30-15-22-34(35(36)26-30)29-11-9-27(4-2)10-12-29/h3,9-12,15,22,26,28,31-33H,1,4-8,13-14,16-21,23-25H2,2H3. The van der Waals surface area contributed by atoms with Crippen LogP contribution in [0.5, 0.6) is 0 Å². The van der Waals surface area contributed by atoms with E-state index in [4.69, 9.17) is 14.2 Å². The van der Waals surface area contributed by atoms with E-state index in [1.54, 1.807) is 6.07 Å². The van der Waals surface area contributed by atoms with Gasteiger partial charge in [-0.05, 0) is 99.3 Å². The highest BCUT2D eigenvalue weighted by atomic mass is 19.1. The van der Waals surface area contributed by atoms with Crippen molar-refractivity contribution >= 4 is 0 Å². The van der Waals surface area contributed by atoms with Gasteiger partial charge in [-0.1, -0.05) is 56.7 Å². The molecule has 2 saturated carbocycles. The molecule has 0 amide bonds. The first kappa shape index (κ1) is 30.1. The van der Waals surface area contributed by atoms with Crippen LogP contribution in [0.25, 0.3) is 11.1 Å². The summed E-state index contributed by atoms with van der Waals surface area (Å²) in [6.07, 6.45) is 17.0. The Morgan fingerprint density at radius 2 is 1.28 bits per heavy atom. The second-order valence-corrected chi connectivity index (χ2v) is 11.4. The van der Waals surface area contributed by atoms with Crippen LogP contribution < -0.4 is 0 Å². The number of hydrogen-bond donors (Lipinski definition) is 0. The van der Waals surface area contributed by atoms with Gasteiger partial charge in [-0.25, -0.2) is 4.39 Å². The van der Waals surface area contributed by atoms with E-state index in [-0.39, 0.29) is 5.82 Å². The van der Waals surface area contributed by atoms with Crippen molar-refractivity contribution < 1.29 is 18.6 Å². The molecule has 2 aromatic carbocycles. The van der Waals surface area contributed by atoms with E-state index >= 15 is 0 Å². The van der Waals surface area contributed by atoms with Crippen molar-refractivity contribution in [2.45, 2.75) is 115 Å². The van der Waals surface area contributed by atoms with Crippen LogP contribution in [-0.4, -0.2) is 38.1 Å². The monoisotopic (exact) mass is 536 g/mol. The van der Waals surface area contributed by atoms with E-state index < -0.39 is 0 Å². The molecule has 0 saturated heterocycles. The van der Waals surface area contributed by atoms with Gasteiger partial charge in [0, 0.05) is 25.4 Å². The fourth-order valence-corrected chi connectivity index (χ4v) is 6.05. The van der Waals surface area contributed by atoms with Gasteiger partial charge in [-0.3, -0.25) is 0 Å². The molecule has 0 aromatic heterocycles. The highest BCUT2D eigenvalue weighted by Gasteiger charge is 2.24. The van der Waals surface area contributed by atoms with E-state index in [1.807, 2.05) is 24.6 Å². The minimum Gasteiger partial charge on any atom is -0.378 e. The summed E-state index contributed by atoms with van der Waals surface area (Å²) in [5, 5.41) is 0. The molecule has 2 aliphatic carbocycles. The summed E-state index contributed by atoms with van der Waals surface area (Å²) in [5.41, 5.74) is 4.05. The molecule has 2 fully saturated rings. The third-order valence-electron chi connectivity index (χ3n) is 8.59. The smallest absolute Gasteiger partial charge is 0.131 e. The van der Waals surface area contributed by atoms with Crippen LogP contribution in [0.1, 0.15) is 101 Å². The summed E-state index contributed by atoms with van der Waals surface area (Å²) in [5.74, 6) is 0.315. The molecule has 0 aliphatic heterocycles. The van der Waals surface area contributed by atoms with Gasteiger partial charge < -0.3 is 14.2 Å². The molecule has 3 nitrogen and oxygen atoms in total. The Morgan fingerprint density at radius 1 is 0.744 bits per heavy atom. The minimum atomic E-state index is -0.113. The van der Waals surface area contributed by atoms with Crippen molar-refractivity contribution in [1.82, 2.24) is 0 Å². The summed E-state index contributed by atoms with van der Waals surface area (Å²) >= 11 is 0. The van der Waals surface area contributed by atoms with Crippen LogP contribution >= 0.6 is 0 Å². The van der Waals surface area contributed by atoms with Crippen molar-refractivity contribution in [1.29, 1.82) is 0 Å². The summed E-state index contributed by atoms with van der Waals surface area (Å²) in [6, 6.07) is 14.1. The lowest BCUT2D eigenvalue weighted by Gasteiger charge is -2.29. The second kappa shape index (κ2) is 16.4. The largest absolute Gasteiger partial charge is 0.378 e. The second-order valence-electron chi connectivity index (χ2n) is 11.4. The molecule has 0 N–H and O–H groups in total. The topological polar surface area (TPSA) is 27.7 Å². The SMILES string of the molecule is [CH2+][CH-]CCCOC1CCC(OCCCCOC2CCC(c3ccc(-c4ccc(CC)cc4)c(F)c3)CC2)CC1. The lowest BCUT2D eigenvalue weighted by Crippen LogP contribution is -2.27. The zero-order valence-corrected chi connectivity index (χ0v) is 24.1. The van der Waals surface area contributed by atoms with E-state index in [1.165, 1.54) is 5.56 Å². The third kappa shape index (κ3) is 9.62. The van der Waals surface area contributed by atoms with Gasteiger partial charge in [0.05, 0.1) is 18.3 Å². The summed E-state index contributed by atoms with van der Waals surface area (Å²) < 4.78 is 33.3. The Kier molecular flexibility index (Phi) is 12.7. The van der Waals surface area contributed by atoms with Crippen LogP contribution in [0.2, 0.25) is 0 Å². The molecule has 4 rings (SSSR count). The van der Waals surface area contributed by atoms with Crippen LogP contribution in [0.15, 0.2) is 42.5 Å².